The summed E-state index contributed by atoms with van der Waals surface area (Å²) in [7, 11) is 0. The van der Waals surface area contributed by atoms with Crippen LogP contribution < -0.4 is 14.8 Å². The second kappa shape index (κ2) is 10.6. The summed E-state index contributed by atoms with van der Waals surface area (Å²) in [6.07, 6.45) is 1.15. The lowest BCUT2D eigenvalue weighted by atomic mass is 9.98. The van der Waals surface area contributed by atoms with Crippen LogP contribution in [0.5, 0.6) is 11.5 Å². The van der Waals surface area contributed by atoms with Gasteiger partial charge < -0.3 is 14.8 Å². The second-order valence-corrected chi connectivity index (χ2v) is 7.46. The quantitative estimate of drug-likeness (QED) is 0.421. The molecule has 0 bridgehead atoms. The van der Waals surface area contributed by atoms with Crippen LogP contribution in [0.4, 0.5) is 5.69 Å². The summed E-state index contributed by atoms with van der Waals surface area (Å²) in [5.41, 5.74) is 3.47. The third-order valence-electron chi connectivity index (χ3n) is 5.07. The maximum Gasteiger partial charge on any atom is 0.123 e. The Kier molecular flexibility index (Phi) is 7.57. The van der Waals surface area contributed by atoms with Gasteiger partial charge in [-0.2, -0.15) is 0 Å². The molecule has 3 aromatic rings. The molecule has 0 saturated heterocycles. The highest BCUT2D eigenvalue weighted by atomic mass is 16.5. The van der Waals surface area contributed by atoms with E-state index in [0.717, 1.165) is 35.7 Å². The van der Waals surface area contributed by atoms with Gasteiger partial charge in [-0.3, -0.25) is 0 Å². The number of ether oxygens (including phenoxy) is 2. The third kappa shape index (κ3) is 6.28. The molecule has 0 aliphatic carbocycles. The van der Waals surface area contributed by atoms with Gasteiger partial charge in [0, 0.05) is 11.8 Å². The molecule has 2 unspecified atom stereocenters. The molecule has 3 rings (SSSR count). The Bertz CT molecular complexity index is 879. The highest BCUT2D eigenvalue weighted by Crippen LogP contribution is 2.29. The zero-order valence-electron chi connectivity index (χ0n) is 17.6. The van der Waals surface area contributed by atoms with Crippen molar-refractivity contribution in [2.45, 2.75) is 45.8 Å². The van der Waals surface area contributed by atoms with Crippen LogP contribution in [0, 0.1) is 0 Å². The minimum Gasteiger partial charge on any atom is -0.489 e. The molecular formula is C26H31NO2. The average Bonchev–Trinajstić information content (AvgIpc) is 2.77. The highest BCUT2D eigenvalue weighted by Gasteiger charge is 2.12. The van der Waals surface area contributed by atoms with Crippen molar-refractivity contribution in [2.75, 3.05) is 11.9 Å². The number of rotatable bonds is 10. The van der Waals surface area contributed by atoms with E-state index < -0.39 is 0 Å². The maximum absolute atomic E-state index is 6.23. The predicted octanol–water partition coefficient (Wildman–Crippen LogP) is 6.66. The van der Waals surface area contributed by atoms with E-state index in [9.17, 15) is 0 Å². The topological polar surface area (TPSA) is 30.5 Å². The van der Waals surface area contributed by atoms with E-state index in [0.29, 0.717) is 12.5 Å². The molecule has 152 valence electrons. The normalized spacial score (nSPS) is 12.8. The Morgan fingerprint density at radius 3 is 2.41 bits per heavy atom. The minimum absolute atomic E-state index is 0.0501. The standard InChI is InChI=1S/C26H31NO2/c1-4-20(2)25-15-8-9-16-26(25)29-21(3)18-27-23-13-10-14-24(17-23)28-19-22-11-6-5-7-12-22/h5-17,20-21,27H,4,18-19H2,1-3H3. The number of hydrogen-bond acceptors (Lipinski definition) is 3. The molecule has 0 aromatic heterocycles. The van der Waals surface area contributed by atoms with E-state index in [2.05, 4.69) is 62.5 Å². The van der Waals surface area contributed by atoms with Crippen molar-refractivity contribution in [2.24, 2.45) is 0 Å². The number of benzene rings is 3. The summed E-state index contributed by atoms with van der Waals surface area (Å²) < 4.78 is 12.2. The van der Waals surface area contributed by atoms with Crippen molar-refractivity contribution >= 4 is 5.69 Å². The van der Waals surface area contributed by atoms with E-state index >= 15 is 0 Å². The molecule has 0 heterocycles. The van der Waals surface area contributed by atoms with Crippen LogP contribution in [0.2, 0.25) is 0 Å². The molecule has 29 heavy (non-hydrogen) atoms. The maximum atomic E-state index is 6.23. The SMILES string of the molecule is CCC(C)c1ccccc1OC(C)CNc1cccc(OCc2ccccc2)c1. The fourth-order valence-corrected chi connectivity index (χ4v) is 3.17. The van der Waals surface area contributed by atoms with Crippen molar-refractivity contribution in [1.82, 2.24) is 0 Å². The van der Waals surface area contributed by atoms with Gasteiger partial charge in [-0.25, -0.2) is 0 Å². The van der Waals surface area contributed by atoms with Crippen molar-refractivity contribution in [3.05, 3.63) is 90.0 Å². The number of anilines is 1. The molecule has 2 atom stereocenters. The monoisotopic (exact) mass is 389 g/mol. The third-order valence-corrected chi connectivity index (χ3v) is 5.07. The summed E-state index contributed by atoms with van der Waals surface area (Å²) in [4.78, 5) is 0. The molecule has 0 aliphatic rings. The molecule has 0 radical (unpaired) electrons. The fourth-order valence-electron chi connectivity index (χ4n) is 3.17. The lowest BCUT2D eigenvalue weighted by Gasteiger charge is -2.21. The first-order valence-corrected chi connectivity index (χ1v) is 10.4. The molecule has 0 amide bonds. The predicted molar refractivity (Wildman–Crippen MR) is 121 cm³/mol. The summed E-state index contributed by atoms with van der Waals surface area (Å²) in [5, 5.41) is 3.46. The smallest absolute Gasteiger partial charge is 0.123 e. The van der Waals surface area contributed by atoms with Gasteiger partial charge in [0.25, 0.3) is 0 Å². The molecule has 0 fully saturated rings. The van der Waals surface area contributed by atoms with Crippen molar-refractivity contribution in [3.63, 3.8) is 0 Å². The Balaban J connectivity index is 1.53. The van der Waals surface area contributed by atoms with Crippen molar-refractivity contribution in [1.29, 1.82) is 0 Å². The van der Waals surface area contributed by atoms with Crippen molar-refractivity contribution in [3.8, 4) is 11.5 Å². The first-order valence-electron chi connectivity index (χ1n) is 10.4. The van der Waals surface area contributed by atoms with Crippen LogP contribution in [0.1, 0.15) is 44.2 Å². The van der Waals surface area contributed by atoms with Crippen LogP contribution in [0.3, 0.4) is 0 Å². The Morgan fingerprint density at radius 2 is 1.62 bits per heavy atom. The van der Waals surface area contributed by atoms with E-state index in [1.807, 2.05) is 42.5 Å². The Labute approximate surface area is 174 Å². The largest absolute Gasteiger partial charge is 0.489 e. The number of para-hydroxylation sites is 1. The number of hydrogen-bond donors (Lipinski definition) is 1. The van der Waals surface area contributed by atoms with Crippen LogP contribution in [-0.2, 0) is 6.61 Å². The van der Waals surface area contributed by atoms with Gasteiger partial charge in [0.2, 0.25) is 0 Å². The molecule has 3 nitrogen and oxygen atoms in total. The molecule has 0 spiro atoms. The average molecular weight is 390 g/mol. The molecule has 3 heteroatoms. The Hall–Kier alpha value is -2.94. The minimum atomic E-state index is 0.0501. The van der Waals surface area contributed by atoms with Crippen LogP contribution in [0.25, 0.3) is 0 Å². The molecule has 1 N–H and O–H groups in total. The van der Waals surface area contributed by atoms with Crippen LogP contribution in [-0.4, -0.2) is 12.6 Å². The van der Waals surface area contributed by atoms with E-state index in [-0.39, 0.29) is 6.10 Å². The van der Waals surface area contributed by atoms with E-state index in [4.69, 9.17) is 9.47 Å². The summed E-state index contributed by atoms with van der Waals surface area (Å²) in [6.45, 7) is 7.83. The van der Waals surface area contributed by atoms with E-state index in [1.54, 1.807) is 0 Å². The summed E-state index contributed by atoms with van der Waals surface area (Å²) >= 11 is 0. The van der Waals surface area contributed by atoms with Gasteiger partial charge in [0.05, 0.1) is 6.54 Å². The second-order valence-electron chi connectivity index (χ2n) is 7.46. The van der Waals surface area contributed by atoms with Gasteiger partial charge in [-0.1, -0.05) is 68.4 Å². The first-order chi connectivity index (χ1) is 14.2. The molecular weight excluding hydrogens is 358 g/mol. The van der Waals surface area contributed by atoms with E-state index in [1.165, 1.54) is 5.56 Å². The summed E-state index contributed by atoms with van der Waals surface area (Å²) in [6, 6.07) is 26.6. The van der Waals surface area contributed by atoms with Crippen LogP contribution >= 0.6 is 0 Å². The highest BCUT2D eigenvalue weighted by molar-refractivity contribution is 5.48. The van der Waals surface area contributed by atoms with Gasteiger partial charge in [0.1, 0.15) is 24.2 Å². The van der Waals surface area contributed by atoms with Gasteiger partial charge >= 0.3 is 0 Å². The lowest BCUT2D eigenvalue weighted by Crippen LogP contribution is -2.23. The van der Waals surface area contributed by atoms with Crippen LogP contribution in [0.15, 0.2) is 78.9 Å². The molecule has 0 saturated carbocycles. The molecule has 0 aliphatic heterocycles. The number of nitrogens with one attached hydrogen (secondary N) is 1. The lowest BCUT2D eigenvalue weighted by molar-refractivity contribution is 0.231. The zero-order valence-corrected chi connectivity index (χ0v) is 17.6. The van der Waals surface area contributed by atoms with Gasteiger partial charge in [-0.15, -0.1) is 0 Å². The first kappa shape index (κ1) is 20.8. The van der Waals surface area contributed by atoms with Crippen molar-refractivity contribution < 1.29 is 9.47 Å². The summed E-state index contributed by atoms with van der Waals surface area (Å²) in [5.74, 6) is 2.33. The fraction of sp³-hybridized carbons (Fsp3) is 0.308. The Morgan fingerprint density at radius 1 is 0.862 bits per heavy atom. The molecule has 3 aromatic carbocycles. The zero-order chi connectivity index (χ0) is 20.5. The van der Waals surface area contributed by atoms with Gasteiger partial charge in [-0.05, 0) is 48.6 Å². The van der Waals surface area contributed by atoms with Gasteiger partial charge in [0.15, 0.2) is 0 Å².